The molecule has 5 heteroatoms. The van der Waals surface area contributed by atoms with E-state index in [1.54, 1.807) is 6.07 Å². The van der Waals surface area contributed by atoms with E-state index < -0.39 is 6.10 Å². The van der Waals surface area contributed by atoms with Gasteiger partial charge in [-0.2, -0.15) is 0 Å². The molecule has 0 bridgehead atoms. The average Bonchev–Trinajstić information content (AvgIpc) is 3.48. The molecular formula is C23H24N2O3. The molecule has 1 N–H and O–H groups in total. The molecule has 0 saturated heterocycles. The summed E-state index contributed by atoms with van der Waals surface area (Å²) in [4.78, 5) is 0. The molecule has 28 heavy (non-hydrogen) atoms. The minimum absolute atomic E-state index is 0.243. The average molecular weight is 376 g/mol. The Bertz CT molecular complexity index is 902. The molecule has 3 atom stereocenters. The van der Waals surface area contributed by atoms with Crippen molar-refractivity contribution >= 4 is 0 Å². The maximum absolute atomic E-state index is 10.5. The van der Waals surface area contributed by atoms with Crippen molar-refractivity contribution in [2.75, 3.05) is 0 Å². The highest BCUT2D eigenvalue weighted by atomic mass is 16.5. The van der Waals surface area contributed by atoms with Crippen LogP contribution in [0, 0.1) is 11.8 Å². The highest BCUT2D eigenvalue weighted by Crippen LogP contribution is 2.47. The number of benzene rings is 2. The number of ether oxygens (including phenoxy) is 2. The third kappa shape index (κ3) is 4.49. The Kier molecular flexibility index (Phi) is 5.53. The summed E-state index contributed by atoms with van der Waals surface area (Å²) in [5, 5.41) is 18.9. The van der Waals surface area contributed by atoms with Gasteiger partial charge in [-0.3, -0.25) is 0 Å². The van der Waals surface area contributed by atoms with Crippen molar-refractivity contribution in [2.45, 2.75) is 32.7 Å². The predicted octanol–water partition coefficient (Wildman–Crippen LogP) is 4.32. The SMILES string of the molecule is CC1CC1C(O)c1cc(OCc2ccccc2)c(OCc2ccccc2)nn1. The van der Waals surface area contributed by atoms with Gasteiger partial charge in [-0.05, 0) is 29.4 Å². The molecule has 1 saturated carbocycles. The van der Waals surface area contributed by atoms with Gasteiger partial charge in [0, 0.05) is 6.07 Å². The quantitative estimate of drug-likeness (QED) is 0.634. The van der Waals surface area contributed by atoms with Crippen LogP contribution in [0.3, 0.4) is 0 Å². The Morgan fingerprint density at radius 1 is 0.929 bits per heavy atom. The molecule has 2 aromatic carbocycles. The van der Waals surface area contributed by atoms with Crippen LogP contribution in [-0.2, 0) is 13.2 Å². The van der Waals surface area contributed by atoms with Crippen molar-refractivity contribution in [3.63, 3.8) is 0 Å². The minimum Gasteiger partial charge on any atom is -0.483 e. The molecule has 0 radical (unpaired) electrons. The Hall–Kier alpha value is -2.92. The zero-order valence-electron chi connectivity index (χ0n) is 15.9. The van der Waals surface area contributed by atoms with E-state index in [0.29, 0.717) is 36.5 Å². The third-order valence-electron chi connectivity index (χ3n) is 5.08. The van der Waals surface area contributed by atoms with Crippen molar-refractivity contribution < 1.29 is 14.6 Å². The number of nitrogens with zero attached hydrogens (tertiary/aromatic N) is 2. The van der Waals surface area contributed by atoms with Gasteiger partial charge < -0.3 is 14.6 Å². The van der Waals surface area contributed by atoms with Crippen LogP contribution in [0.2, 0.25) is 0 Å². The molecule has 1 aliphatic carbocycles. The van der Waals surface area contributed by atoms with Crippen LogP contribution >= 0.6 is 0 Å². The van der Waals surface area contributed by atoms with Gasteiger partial charge in [0.05, 0.1) is 5.69 Å². The van der Waals surface area contributed by atoms with Gasteiger partial charge in [-0.15, -0.1) is 10.2 Å². The van der Waals surface area contributed by atoms with Gasteiger partial charge in [0.25, 0.3) is 5.88 Å². The summed E-state index contributed by atoms with van der Waals surface area (Å²) in [6.45, 7) is 2.90. The molecule has 4 rings (SSSR count). The van der Waals surface area contributed by atoms with Gasteiger partial charge in [-0.25, -0.2) is 0 Å². The molecule has 0 aliphatic heterocycles. The zero-order chi connectivity index (χ0) is 19.3. The van der Waals surface area contributed by atoms with E-state index >= 15 is 0 Å². The smallest absolute Gasteiger partial charge is 0.276 e. The fraction of sp³-hybridized carbons (Fsp3) is 0.304. The maximum Gasteiger partial charge on any atom is 0.276 e. The lowest BCUT2D eigenvalue weighted by Gasteiger charge is -2.15. The Balaban J connectivity index is 1.52. The van der Waals surface area contributed by atoms with Crippen LogP contribution < -0.4 is 9.47 Å². The van der Waals surface area contributed by atoms with E-state index in [2.05, 4.69) is 17.1 Å². The van der Waals surface area contributed by atoms with Crippen LogP contribution in [0.5, 0.6) is 11.6 Å². The van der Waals surface area contributed by atoms with E-state index in [-0.39, 0.29) is 5.92 Å². The standard InChI is InChI=1S/C23H24N2O3/c1-16-12-19(16)22(26)20-13-21(27-14-17-8-4-2-5-9-17)23(25-24-20)28-15-18-10-6-3-7-11-18/h2-11,13,16,19,22,26H,12,14-15H2,1H3. The van der Waals surface area contributed by atoms with Crippen LogP contribution in [0.1, 0.15) is 36.3 Å². The second kappa shape index (κ2) is 8.40. The summed E-state index contributed by atoms with van der Waals surface area (Å²) >= 11 is 0. The summed E-state index contributed by atoms with van der Waals surface area (Å²) in [5.41, 5.74) is 2.62. The molecule has 1 heterocycles. The van der Waals surface area contributed by atoms with Crippen molar-refractivity contribution in [1.82, 2.24) is 10.2 Å². The van der Waals surface area contributed by atoms with Gasteiger partial charge in [-0.1, -0.05) is 67.6 Å². The van der Waals surface area contributed by atoms with Crippen molar-refractivity contribution in [2.24, 2.45) is 11.8 Å². The maximum atomic E-state index is 10.5. The van der Waals surface area contributed by atoms with E-state index in [1.165, 1.54) is 0 Å². The molecule has 1 aliphatic rings. The van der Waals surface area contributed by atoms with Crippen LogP contribution in [0.25, 0.3) is 0 Å². The molecule has 1 fully saturated rings. The van der Waals surface area contributed by atoms with Crippen LogP contribution in [-0.4, -0.2) is 15.3 Å². The second-order valence-corrected chi connectivity index (χ2v) is 7.31. The number of aliphatic hydroxyl groups excluding tert-OH is 1. The van der Waals surface area contributed by atoms with E-state index in [4.69, 9.17) is 9.47 Å². The minimum atomic E-state index is -0.621. The van der Waals surface area contributed by atoms with Gasteiger partial charge in [0.15, 0.2) is 5.75 Å². The van der Waals surface area contributed by atoms with Gasteiger partial charge in [0.2, 0.25) is 0 Å². The summed E-state index contributed by atoms with van der Waals surface area (Å²) in [6.07, 6.45) is 0.389. The Labute approximate surface area is 165 Å². The van der Waals surface area contributed by atoms with E-state index in [1.807, 2.05) is 60.7 Å². The third-order valence-corrected chi connectivity index (χ3v) is 5.08. The first-order valence-corrected chi connectivity index (χ1v) is 9.60. The summed E-state index contributed by atoms with van der Waals surface area (Å²) in [6, 6.07) is 21.5. The molecule has 5 nitrogen and oxygen atoms in total. The second-order valence-electron chi connectivity index (χ2n) is 7.31. The van der Waals surface area contributed by atoms with Crippen molar-refractivity contribution in [3.8, 4) is 11.6 Å². The summed E-state index contributed by atoms with van der Waals surface area (Å²) in [5.74, 6) is 1.59. The van der Waals surface area contributed by atoms with E-state index in [0.717, 1.165) is 17.5 Å². The Morgan fingerprint density at radius 2 is 1.50 bits per heavy atom. The number of hydrogen-bond acceptors (Lipinski definition) is 5. The van der Waals surface area contributed by atoms with Crippen LogP contribution in [0.15, 0.2) is 66.7 Å². The van der Waals surface area contributed by atoms with Crippen LogP contribution in [0.4, 0.5) is 0 Å². The number of rotatable bonds is 8. The van der Waals surface area contributed by atoms with Crippen molar-refractivity contribution in [3.05, 3.63) is 83.6 Å². The predicted molar refractivity (Wildman–Crippen MR) is 106 cm³/mol. The monoisotopic (exact) mass is 376 g/mol. The van der Waals surface area contributed by atoms with Gasteiger partial charge in [0.1, 0.15) is 19.3 Å². The largest absolute Gasteiger partial charge is 0.483 e. The lowest BCUT2D eigenvalue weighted by molar-refractivity contribution is 0.140. The molecule has 0 amide bonds. The van der Waals surface area contributed by atoms with Gasteiger partial charge >= 0.3 is 0 Å². The fourth-order valence-corrected chi connectivity index (χ4v) is 3.20. The molecule has 144 valence electrons. The molecule has 0 spiro atoms. The molecule has 3 unspecified atom stereocenters. The van der Waals surface area contributed by atoms with E-state index in [9.17, 15) is 5.11 Å². The first-order chi connectivity index (χ1) is 13.7. The topological polar surface area (TPSA) is 64.5 Å². The molecule has 3 aromatic rings. The van der Waals surface area contributed by atoms with Crippen molar-refractivity contribution in [1.29, 1.82) is 0 Å². The first-order valence-electron chi connectivity index (χ1n) is 9.60. The highest BCUT2D eigenvalue weighted by molar-refractivity contribution is 5.35. The lowest BCUT2D eigenvalue weighted by Crippen LogP contribution is -2.09. The number of aliphatic hydroxyl groups is 1. The number of hydrogen-bond donors (Lipinski definition) is 1. The first kappa shape index (κ1) is 18.4. The summed E-state index contributed by atoms with van der Waals surface area (Å²) < 4.78 is 11.9. The fourth-order valence-electron chi connectivity index (χ4n) is 3.20. The summed E-state index contributed by atoms with van der Waals surface area (Å²) in [7, 11) is 0. The normalized spacial score (nSPS) is 19.1. The Morgan fingerprint density at radius 3 is 2.07 bits per heavy atom. The highest BCUT2D eigenvalue weighted by Gasteiger charge is 2.40. The number of aromatic nitrogens is 2. The molecular weight excluding hydrogens is 352 g/mol. The lowest BCUT2D eigenvalue weighted by atomic mass is 10.1. The zero-order valence-corrected chi connectivity index (χ0v) is 15.9. The molecule has 1 aromatic heterocycles.